The van der Waals surface area contributed by atoms with Gasteiger partial charge < -0.3 is 21.3 Å². The fourth-order valence-electron chi connectivity index (χ4n) is 6.49. The Morgan fingerprint density at radius 1 is 0.961 bits per heavy atom. The third kappa shape index (κ3) is 9.97. The number of hydrogen-bond acceptors (Lipinski definition) is 6. The van der Waals surface area contributed by atoms with Crippen molar-refractivity contribution in [1.29, 1.82) is 0 Å². The second-order valence-corrected chi connectivity index (χ2v) is 13.7. The Hall–Kier alpha value is -5.17. The predicted octanol–water partition coefficient (Wildman–Crippen LogP) is 9.22. The molecule has 1 aliphatic heterocycles. The topological polar surface area (TPSA) is 72.8 Å². The summed E-state index contributed by atoms with van der Waals surface area (Å²) < 4.78 is 14.7. The fraction of sp³-hybridized carbons (Fsp3) is 0.318. The number of allylic oxidation sites excluding steroid dienone is 8. The number of aliphatic imine (C=N–C) groups is 2. The highest BCUT2D eigenvalue weighted by Crippen LogP contribution is 2.31. The molecule has 0 spiro atoms. The first-order valence-electron chi connectivity index (χ1n) is 18.1. The summed E-state index contributed by atoms with van der Waals surface area (Å²) in [6.45, 7) is 30.8. The maximum Gasteiger partial charge on any atom is 0.128 e. The standard InChI is InChI=1S/C44H53FN6/c1-9-29(3)49-32(6)38-17-18-39-23-35(22-38)13-12-15-42(39)50-33(7)44-25-37(14-10-11-20-46-34(8)51-44)31(5)47-26-36-16-19-41(45)40(24-36)27-48-43-21-28(2)30(43)4/h16-19,21-25,39,42,47-50H,2-7,9-15,20,26-27H2,1,8H3/b37-25+,46-34?,51-44?/t39?,42-/m0/s1. The first-order chi connectivity index (χ1) is 24.5. The summed E-state index contributed by atoms with van der Waals surface area (Å²) in [4.78, 5) is 9.64. The van der Waals surface area contributed by atoms with E-state index in [1.807, 2.05) is 25.1 Å². The average molecular weight is 685 g/mol. The molecule has 1 aromatic carbocycles. The Morgan fingerprint density at radius 3 is 2.55 bits per heavy atom. The fourth-order valence-corrected chi connectivity index (χ4v) is 6.49. The molecule has 266 valence electrons. The molecular weight excluding hydrogens is 632 g/mol. The molecule has 3 aliphatic carbocycles. The number of amidine groups is 1. The molecule has 4 aliphatic rings. The molecule has 0 fully saturated rings. The lowest BCUT2D eigenvalue weighted by Crippen LogP contribution is -2.36. The van der Waals surface area contributed by atoms with Crippen LogP contribution in [0.1, 0.15) is 69.9 Å². The van der Waals surface area contributed by atoms with Crippen LogP contribution in [0, 0.1) is 11.7 Å². The van der Waals surface area contributed by atoms with Crippen molar-refractivity contribution in [3.05, 3.63) is 167 Å². The van der Waals surface area contributed by atoms with Crippen LogP contribution in [0.3, 0.4) is 0 Å². The molecule has 0 aromatic heterocycles. The highest BCUT2D eigenvalue weighted by molar-refractivity contribution is 6.13. The molecule has 2 bridgehead atoms. The van der Waals surface area contributed by atoms with E-state index < -0.39 is 0 Å². The quantitative estimate of drug-likeness (QED) is 0.158. The monoisotopic (exact) mass is 684 g/mol. The molecule has 0 saturated carbocycles. The lowest BCUT2D eigenvalue weighted by molar-refractivity contribution is 0.471. The molecule has 1 aromatic rings. The SMILES string of the molecule is C=C(CC)NC(=C)C1=CC2=CC(C=C1)[C@@H](NC(=C)C1=NC(C)=NCCCC/C(C(=C)NCc3ccc(F)c(CNC4=CC(=C)C4=C)c3)=C\1)CCC2. The van der Waals surface area contributed by atoms with E-state index in [-0.39, 0.29) is 17.8 Å². The van der Waals surface area contributed by atoms with E-state index >= 15 is 0 Å². The van der Waals surface area contributed by atoms with Crippen molar-refractivity contribution >= 4 is 11.5 Å². The minimum atomic E-state index is -0.245. The first-order valence-corrected chi connectivity index (χ1v) is 18.1. The minimum absolute atomic E-state index is 0.152. The smallest absolute Gasteiger partial charge is 0.128 e. The number of hydrogen-bond donors (Lipinski definition) is 4. The van der Waals surface area contributed by atoms with E-state index in [9.17, 15) is 4.39 Å². The van der Waals surface area contributed by atoms with Crippen molar-refractivity contribution in [2.24, 2.45) is 15.9 Å². The molecule has 4 N–H and O–H groups in total. The van der Waals surface area contributed by atoms with Gasteiger partial charge in [0, 0.05) is 59.9 Å². The number of nitrogens with zero attached hydrogens (tertiary/aromatic N) is 2. The number of fused-ring (bicyclic) bond motifs is 1. The Balaban J connectivity index is 1.28. The van der Waals surface area contributed by atoms with Gasteiger partial charge in [-0.3, -0.25) is 4.99 Å². The van der Waals surface area contributed by atoms with Gasteiger partial charge in [0.1, 0.15) is 11.7 Å². The van der Waals surface area contributed by atoms with E-state index in [2.05, 4.69) is 98.0 Å². The lowest BCUT2D eigenvalue weighted by atomic mass is 9.94. The summed E-state index contributed by atoms with van der Waals surface area (Å²) in [6, 6.07) is 5.37. The summed E-state index contributed by atoms with van der Waals surface area (Å²) in [6.07, 6.45) is 19.8. The summed E-state index contributed by atoms with van der Waals surface area (Å²) in [5.41, 5.74) is 11.8. The molecule has 0 saturated heterocycles. The van der Waals surface area contributed by atoms with Gasteiger partial charge in [0.2, 0.25) is 0 Å². The van der Waals surface area contributed by atoms with E-state index in [1.165, 1.54) is 11.6 Å². The van der Waals surface area contributed by atoms with Crippen molar-refractivity contribution in [1.82, 2.24) is 21.3 Å². The van der Waals surface area contributed by atoms with E-state index in [0.717, 1.165) is 119 Å². The van der Waals surface area contributed by atoms with Crippen LogP contribution in [0.4, 0.5) is 4.39 Å². The van der Waals surface area contributed by atoms with Gasteiger partial charge in [-0.15, -0.1) is 0 Å². The van der Waals surface area contributed by atoms with E-state index in [0.29, 0.717) is 18.7 Å². The molecule has 2 atom stereocenters. The normalized spacial score (nSPS) is 21.4. The zero-order valence-electron chi connectivity index (χ0n) is 30.4. The maximum atomic E-state index is 14.7. The van der Waals surface area contributed by atoms with Gasteiger partial charge in [0.25, 0.3) is 0 Å². The molecule has 0 radical (unpaired) electrons. The molecule has 6 nitrogen and oxygen atoms in total. The van der Waals surface area contributed by atoms with Gasteiger partial charge in [-0.05, 0) is 104 Å². The van der Waals surface area contributed by atoms with Gasteiger partial charge in [0.15, 0.2) is 0 Å². The van der Waals surface area contributed by atoms with Crippen LogP contribution in [0.5, 0.6) is 0 Å². The number of rotatable bonds is 14. The van der Waals surface area contributed by atoms with Crippen LogP contribution in [-0.4, -0.2) is 24.1 Å². The van der Waals surface area contributed by atoms with Crippen LogP contribution in [0.15, 0.2) is 160 Å². The summed E-state index contributed by atoms with van der Waals surface area (Å²) in [5, 5.41) is 13.9. The highest BCUT2D eigenvalue weighted by atomic mass is 19.1. The van der Waals surface area contributed by atoms with Gasteiger partial charge >= 0.3 is 0 Å². The average Bonchev–Trinajstić information content (AvgIpc) is 3.45. The largest absolute Gasteiger partial charge is 0.381 e. The molecule has 7 heteroatoms. The van der Waals surface area contributed by atoms with Crippen LogP contribution in [0.2, 0.25) is 0 Å². The van der Waals surface area contributed by atoms with Crippen LogP contribution < -0.4 is 21.3 Å². The van der Waals surface area contributed by atoms with Gasteiger partial charge in [-0.1, -0.05) is 82.3 Å². The maximum absolute atomic E-state index is 14.7. The highest BCUT2D eigenvalue weighted by Gasteiger charge is 2.24. The zero-order chi connectivity index (χ0) is 36.5. The van der Waals surface area contributed by atoms with Crippen molar-refractivity contribution in [2.45, 2.75) is 77.9 Å². The molecule has 51 heavy (non-hydrogen) atoms. The zero-order valence-corrected chi connectivity index (χ0v) is 30.4. The summed E-state index contributed by atoms with van der Waals surface area (Å²) >= 11 is 0. The van der Waals surface area contributed by atoms with Crippen molar-refractivity contribution in [2.75, 3.05) is 6.54 Å². The Labute approximate surface area is 304 Å². The molecule has 0 amide bonds. The van der Waals surface area contributed by atoms with Crippen molar-refractivity contribution in [3.8, 4) is 0 Å². The third-order valence-corrected chi connectivity index (χ3v) is 9.75. The van der Waals surface area contributed by atoms with Gasteiger partial charge in [-0.2, -0.15) is 0 Å². The number of benzene rings is 1. The number of halogens is 1. The lowest BCUT2D eigenvalue weighted by Gasteiger charge is -2.25. The molecule has 1 unspecified atom stereocenters. The van der Waals surface area contributed by atoms with Crippen LogP contribution in [-0.2, 0) is 13.1 Å². The Bertz CT molecular complexity index is 1840. The number of nitrogens with one attached hydrogen (secondary N) is 4. The Kier molecular flexibility index (Phi) is 12.5. The summed E-state index contributed by atoms with van der Waals surface area (Å²) in [5.74, 6) is 0.670. The molecule has 1 heterocycles. The minimum Gasteiger partial charge on any atom is -0.381 e. The summed E-state index contributed by atoms with van der Waals surface area (Å²) in [7, 11) is 0. The van der Waals surface area contributed by atoms with E-state index in [4.69, 9.17) is 9.98 Å². The molecular formula is C44H53FN6. The van der Waals surface area contributed by atoms with E-state index in [1.54, 1.807) is 0 Å². The van der Waals surface area contributed by atoms with Crippen molar-refractivity contribution < 1.29 is 4.39 Å². The predicted molar refractivity (Wildman–Crippen MR) is 213 cm³/mol. The van der Waals surface area contributed by atoms with Crippen LogP contribution in [0.25, 0.3) is 0 Å². The first kappa shape index (κ1) is 37.1. The second kappa shape index (κ2) is 17.2. The second-order valence-electron chi connectivity index (χ2n) is 13.7. The van der Waals surface area contributed by atoms with Crippen molar-refractivity contribution in [3.63, 3.8) is 0 Å². The van der Waals surface area contributed by atoms with Gasteiger partial charge in [-0.25, -0.2) is 9.38 Å². The molecule has 5 rings (SSSR count). The van der Waals surface area contributed by atoms with Crippen LogP contribution >= 0.6 is 0 Å². The Morgan fingerprint density at radius 2 is 1.78 bits per heavy atom. The van der Waals surface area contributed by atoms with Gasteiger partial charge in [0.05, 0.1) is 11.4 Å². The third-order valence-electron chi connectivity index (χ3n) is 9.75.